The highest BCUT2D eigenvalue weighted by atomic mass is 16.5. The van der Waals surface area contributed by atoms with Gasteiger partial charge in [0.05, 0.1) is 29.5 Å². The molecule has 0 N–H and O–H groups in total. The number of aromatic nitrogens is 4. The minimum absolute atomic E-state index is 0.0256. The van der Waals surface area contributed by atoms with Crippen LogP contribution >= 0.6 is 0 Å². The fourth-order valence-electron chi connectivity index (χ4n) is 13.2. The van der Waals surface area contributed by atoms with Crippen molar-refractivity contribution in [3.05, 3.63) is 161 Å². The molecule has 1 unspecified atom stereocenters. The lowest BCUT2D eigenvalue weighted by Crippen LogP contribution is -2.21. The van der Waals surface area contributed by atoms with Crippen molar-refractivity contribution >= 4 is 0 Å². The molecule has 0 amide bonds. The lowest BCUT2D eigenvalue weighted by Gasteiger charge is -2.24. The van der Waals surface area contributed by atoms with Crippen molar-refractivity contribution in [2.75, 3.05) is 13.2 Å². The number of rotatable bonds is 19. The third kappa shape index (κ3) is 122. The number of pyridine rings is 2. The first kappa shape index (κ1) is 158. The highest BCUT2D eigenvalue weighted by molar-refractivity contribution is 5.31. The predicted molar refractivity (Wildman–Crippen MR) is 677 cm³/mol. The van der Waals surface area contributed by atoms with Gasteiger partial charge >= 0.3 is 0 Å². The Labute approximate surface area is 929 Å². The molecule has 0 aliphatic rings. The second-order valence-corrected chi connectivity index (χ2v) is 68.4. The van der Waals surface area contributed by atoms with Crippen LogP contribution in [0.2, 0.25) is 0 Å². The molecule has 0 aliphatic heterocycles. The summed E-state index contributed by atoms with van der Waals surface area (Å²) >= 11 is 0. The van der Waals surface area contributed by atoms with Crippen LogP contribution in [-0.2, 0) is 47.5 Å². The van der Waals surface area contributed by atoms with Crippen LogP contribution in [0.25, 0.3) is 0 Å². The molecule has 4 aromatic rings. The van der Waals surface area contributed by atoms with Gasteiger partial charge in [0, 0.05) is 47.4 Å². The van der Waals surface area contributed by atoms with E-state index in [9.17, 15) is 0 Å². The smallest absolute Gasteiger partial charge is 0.0654 e. The number of nitrogens with zero attached hydrogens (tertiary/aromatic N) is 4. The van der Waals surface area contributed by atoms with Crippen LogP contribution < -0.4 is 0 Å². The van der Waals surface area contributed by atoms with Crippen LogP contribution in [0.4, 0.5) is 0 Å². The first-order valence-electron chi connectivity index (χ1n) is 58.4. The van der Waals surface area contributed by atoms with Gasteiger partial charge in [-0.3, -0.25) is 14.6 Å². The van der Waals surface area contributed by atoms with Gasteiger partial charge in [-0.1, -0.05) is 534 Å². The second kappa shape index (κ2) is 67.5. The zero-order chi connectivity index (χ0) is 119. The Balaban J connectivity index is -0.000000239. The van der Waals surface area contributed by atoms with E-state index >= 15 is 0 Å². The highest BCUT2D eigenvalue weighted by Gasteiger charge is 2.26. The van der Waals surface area contributed by atoms with E-state index < -0.39 is 0 Å². The van der Waals surface area contributed by atoms with Gasteiger partial charge in [-0.15, -0.1) is 0 Å². The quantitative estimate of drug-likeness (QED) is 0.0692. The first-order valence-corrected chi connectivity index (χ1v) is 58.4. The molecule has 4 rings (SSSR count). The maximum atomic E-state index is 5.62. The van der Waals surface area contributed by atoms with E-state index in [0.717, 1.165) is 29.8 Å². The van der Waals surface area contributed by atoms with Crippen molar-refractivity contribution in [1.29, 1.82) is 0 Å². The molecular formula is C141H272N4O2. The molecule has 1 aromatic carbocycles. The number of allylic oxidation sites excluding steroid dienone is 7. The Morgan fingerprint density at radius 1 is 0.272 bits per heavy atom. The normalized spacial score (nSPS) is 13.7. The van der Waals surface area contributed by atoms with Gasteiger partial charge in [0.1, 0.15) is 0 Å². The van der Waals surface area contributed by atoms with E-state index in [1.807, 2.05) is 23.3 Å². The Morgan fingerprint density at radius 3 is 0.782 bits per heavy atom. The molecule has 0 saturated heterocycles. The number of ether oxygens (including phenoxy) is 2. The van der Waals surface area contributed by atoms with Crippen molar-refractivity contribution in [2.24, 2.45) is 82.2 Å². The largest absolute Gasteiger partial charge is 0.376 e. The molecule has 3 heterocycles. The maximum absolute atomic E-state index is 5.62. The molecule has 0 saturated carbocycles. The first-order chi connectivity index (χ1) is 64.3. The van der Waals surface area contributed by atoms with Crippen LogP contribution in [-0.4, -0.2) is 44.2 Å². The SMILES string of the molecule is CC(C)(C)C=CCC(C)(C)C.CC(C)(C)C=CCCC(C)(C)C.CC(C)(C)C=CCOC(C)(C)C.CC(C)(C)CCC(C)(C)C.CC(C)(C)CCCC(C)(C)C.CC(C)(C)CCCCC(C)(C)C.CC(C)(C)CCCOC(C)(C)C.CC(C)(C)c1ccc(C(C)(C)C)cc1.CC(C)(C)c1ccc(C(C)(C)C)nc1.CC(C)(C)c1ccc(C(C)(C)C)nc1.CC(C)CC(C)CC=CC(C)(C)C.CC(C)c1cnn(C(C)(C)C)c1. The maximum Gasteiger partial charge on any atom is 0.0654 e. The van der Waals surface area contributed by atoms with Crippen molar-refractivity contribution in [1.82, 2.24) is 19.7 Å². The van der Waals surface area contributed by atoms with Crippen LogP contribution in [0.3, 0.4) is 0 Å². The number of unbranched alkanes of at least 4 members (excludes halogenated alkanes) is 1. The summed E-state index contributed by atoms with van der Waals surface area (Å²) in [7, 11) is 0. The van der Waals surface area contributed by atoms with Gasteiger partial charge in [-0.05, 0) is 296 Å². The van der Waals surface area contributed by atoms with Gasteiger partial charge in [0.15, 0.2) is 0 Å². The van der Waals surface area contributed by atoms with Crippen molar-refractivity contribution in [3.8, 4) is 0 Å². The molecule has 0 spiro atoms. The molecule has 0 fully saturated rings. The number of benzene rings is 1. The Bertz CT molecular complexity index is 3580. The molecule has 0 radical (unpaired) electrons. The minimum atomic E-state index is -0.0256. The monoisotopic (exact) mass is 2050 g/mol. The van der Waals surface area contributed by atoms with Crippen molar-refractivity contribution in [2.45, 2.75) is 649 Å². The third-order valence-electron chi connectivity index (χ3n) is 22.8. The molecule has 868 valence electrons. The van der Waals surface area contributed by atoms with Gasteiger partial charge in [-0.2, -0.15) is 5.10 Å². The lowest BCUT2D eigenvalue weighted by molar-refractivity contribution is -0.00721. The molecule has 147 heavy (non-hydrogen) atoms. The van der Waals surface area contributed by atoms with E-state index in [2.05, 4.69) is 610 Å². The van der Waals surface area contributed by atoms with E-state index in [0.29, 0.717) is 77.5 Å². The zero-order valence-electron chi connectivity index (χ0n) is 114. The summed E-state index contributed by atoms with van der Waals surface area (Å²) < 4.78 is 13.2. The second-order valence-electron chi connectivity index (χ2n) is 68.4. The predicted octanol–water partition coefficient (Wildman–Crippen LogP) is 47.3. The molecule has 6 heteroatoms. The Kier molecular flexibility index (Phi) is 72.5. The molecule has 0 bridgehead atoms. The van der Waals surface area contributed by atoms with E-state index in [-0.39, 0.29) is 54.6 Å². The fraction of sp³-hybridized carbons (Fsp3) is 0.809. The van der Waals surface area contributed by atoms with E-state index in [1.54, 1.807) is 0 Å². The van der Waals surface area contributed by atoms with E-state index in [1.165, 1.54) is 131 Å². The molecule has 3 aromatic heterocycles. The average molecular weight is 2060 g/mol. The van der Waals surface area contributed by atoms with E-state index in [4.69, 9.17) is 9.47 Å². The van der Waals surface area contributed by atoms with Gasteiger partial charge in [-0.25, -0.2) is 0 Å². The lowest BCUT2D eigenvalue weighted by atomic mass is 9.81. The number of hydrogen-bond donors (Lipinski definition) is 0. The molecule has 0 aliphatic carbocycles. The third-order valence-corrected chi connectivity index (χ3v) is 22.8. The Hall–Kier alpha value is -4.39. The van der Waals surface area contributed by atoms with Crippen LogP contribution in [0.5, 0.6) is 0 Å². The summed E-state index contributed by atoms with van der Waals surface area (Å²) in [5.74, 6) is 2.23. The van der Waals surface area contributed by atoms with Gasteiger partial charge in [0.2, 0.25) is 0 Å². The highest BCUT2D eigenvalue weighted by Crippen LogP contribution is 2.36. The molecule has 1 atom stereocenters. The summed E-state index contributed by atoms with van der Waals surface area (Å²) in [5.41, 5.74) is 16.1. The van der Waals surface area contributed by atoms with Gasteiger partial charge in [0.25, 0.3) is 0 Å². The van der Waals surface area contributed by atoms with Crippen LogP contribution in [0.15, 0.2) is 122 Å². The molecule has 6 nitrogen and oxygen atoms in total. The topological polar surface area (TPSA) is 62.1 Å². The summed E-state index contributed by atoms with van der Waals surface area (Å²) in [6.07, 6.45) is 47.1. The fourth-order valence-corrected chi connectivity index (χ4v) is 13.2. The summed E-state index contributed by atoms with van der Waals surface area (Å²) in [6.45, 7) is 161. The van der Waals surface area contributed by atoms with Crippen LogP contribution in [0, 0.1) is 82.2 Å². The summed E-state index contributed by atoms with van der Waals surface area (Å²) in [4.78, 5) is 9.03. The van der Waals surface area contributed by atoms with Crippen LogP contribution in [0.1, 0.15) is 639 Å². The Morgan fingerprint density at radius 2 is 0.551 bits per heavy atom. The molecular weight excluding hydrogens is 1780 g/mol. The summed E-state index contributed by atoms with van der Waals surface area (Å²) in [5, 5.41) is 4.33. The standard InChI is InChI=1S/C14H22.2C13H21N.C13H26.C12H26.C12H24.C11H24O.C11H22O.C11H24.C11H22.C10H18N2.C10H22/c1-13(2,3)11-7-9-12(10-8-11)14(4,5)6;2*1-12(2,3)10-7-8-11(14-9-10)13(4,5)6;1-11(2)10-12(3)8-7-9-13(4,5)6;2*1-11(2,3)9-7-8-10-12(4,5)6;2*1-10(2,3)8-7-9-12-11(4,5)6;2*1-10(2,3)8-7-9-11(4,5)6;1-8(2)9-6-11-12(7-9)10(3,4)5;1-9(2,3)7-8-10(4,5)6/h7-10H,1-6H3;2*7-9H,1-6H3;7,9,11-12H,8,10H2,1-6H3;7-10H2,1-6H3;7,9H,8,10H2,1-6H3;7-9H2,1-6H3;7-8H,9H2,1-6H3;7-9H2,1-6H3;7-8H,9H2,1-6H3;6-8H,1-5H3;7-8H2,1-6H3. The van der Waals surface area contributed by atoms with Crippen molar-refractivity contribution in [3.63, 3.8) is 0 Å². The minimum Gasteiger partial charge on any atom is -0.376 e. The zero-order valence-corrected chi connectivity index (χ0v) is 114. The average Bonchev–Trinajstić information content (AvgIpc) is 1.67. The van der Waals surface area contributed by atoms with Gasteiger partial charge < -0.3 is 9.47 Å². The summed E-state index contributed by atoms with van der Waals surface area (Å²) in [6, 6.07) is 17.7. The van der Waals surface area contributed by atoms with Crippen molar-refractivity contribution < 1.29 is 9.47 Å². The number of hydrogen-bond acceptors (Lipinski definition) is 5.